The summed E-state index contributed by atoms with van der Waals surface area (Å²) in [6.45, 7) is 3.03. The number of para-hydroxylation sites is 1. The van der Waals surface area contributed by atoms with E-state index in [0.29, 0.717) is 5.92 Å². The van der Waals surface area contributed by atoms with Crippen molar-refractivity contribution in [2.24, 2.45) is 10.9 Å². The molecule has 30 heavy (non-hydrogen) atoms. The summed E-state index contributed by atoms with van der Waals surface area (Å²) in [5, 5.41) is 1.10. The van der Waals surface area contributed by atoms with Gasteiger partial charge in [-0.3, -0.25) is 4.99 Å². The number of fused-ring (bicyclic) bond motifs is 2. The van der Waals surface area contributed by atoms with Crippen molar-refractivity contribution in [2.45, 2.75) is 6.92 Å². The number of nitrogens with zero attached hydrogens (tertiary/aromatic N) is 4. The second-order valence-corrected chi connectivity index (χ2v) is 7.79. The largest absolute Gasteiger partial charge is 0.312 e. The molecule has 3 aromatic carbocycles. The van der Waals surface area contributed by atoms with E-state index >= 15 is 0 Å². The second kappa shape index (κ2) is 6.63. The average molecular weight is 388 g/mol. The highest BCUT2D eigenvalue weighted by molar-refractivity contribution is 6.10. The third kappa shape index (κ3) is 2.50. The lowest BCUT2D eigenvalue weighted by atomic mass is 9.94. The first kappa shape index (κ1) is 17.1. The third-order valence-corrected chi connectivity index (χ3v) is 5.87. The van der Waals surface area contributed by atoms with Crippen LogP contribution in [0.25, 0.3) is 33.5 Å². The summed E-state index contributed by atoms with van der Waals surface area (Å²) in [5.41, 5.74) is 7.67. The second-order valence-electron chi connectivity index (χ2n) is 7.79. The molecule has 0 bridgehead atoms. The fourth-order valence-corrected chi connectivity index (χ4v) is 4.44. The fourth-order valence-electron chi connectivity index (χ4n) is 4.44. The lowest BCUT2D eigenvalue weighted by Crippen LogP contribution is -2.27. The Kier molecular flexibility index (Phi) is 3.78. The van der Waals surface area contributed by atoms with E-state index in [4.69, 9.17) is 9.97 Å². The van der Waals surface area contributed by atoms with E-state index in [0.717, 1.165) is 51.5 Å². The number of aliphatic imine (C=N–C) groups is 1. The summed E-state index contributed by atoms with van der Waals surface area (Å²) >= 11 is 0. The van der Waals surface area contributed by atoms with Crippen LogP contribution in [0.4, 0.5) is 11.4 Å². The molecule has 2 aliphatic heterocycles. The van der Waals surface area contributed by atoms with E-state index in [9.17, 15) is 0 Å². The number of hydrogen-bond donors (Lipinski definition) is 0. The number of anilines is 2. The van der Waals surface area contributed by atoms with Gasteiger partial charge in [0.05, 0.1) is 28.0 Å². The standard InChI is InChI=1S/C26H20N4/c1-17-16-27-15-14-21(17)30-22-12-6-5-10-19(22)25-24-20(11-7-13-23(24)30)28-26(29-25)18-8-3-2-4-9-18/h2-15,17H,16H2,1H3. The predicted molar refractivity (Wildman–Crippen MR) is 123 cm³/mol. The van der Waals surface area contributed by atoms with Crippen LogP contribution < -0.4 is 4.90 Å². The van der Waals surface area contributed by atoms with E-state index < -0.39 is 0 Å². The van der Waals surface area contributed by atoms with Gasteiger partial charge in [0.15, 0.2) is 5.82 Å². The molecule has 4 nitrogen and oxygen atoms in total. The minimum absolute atomic E-state index is 0.337. The maximum Gasteiger partial charge on any atom is 0.160 e. The lowest BCUT2D eigenvalue weighted by Gasteiger charge is -2.37. The monoisotopic (exact) mass is 388 g/mol. The van der Waals surface area contributed by atoms with Crippen molar-refractivity contribution >= 4 is 28.5 Å². The van der Waals surface area contributed by atoms with Gasteiger partial charge < -0.3 is 4.90 Å². The molecule has 1 atom stereocenters. The summed E-state index contributed by atoms with van der Waals surface area (Å²) in [7, 11) is 0. The van der Waals surface area contributed by atoms with E-state index in [-0.39, 0.29) is 0 Å². The van der Waals surface area contributed by atoms with Crippen LogP contribution in [0.1, 0.15) is 6.92 Å². The Morgan fingerprint density at radius 2 is 1.63 bits per heavy atom. The molecule has 0 radical (unpaired) electrons. The number of dihydropyridines is 1. The normalized spacial score (nSPS) is 17.0. The van der Waals surface area contributed by atoms with Gasteiger partial charge in [-0.05, 0) is 24.3 Å². The number of rotatable bonds is 2. The van der Waals surface area contributed by atoms with Gasteiger partial charge in [-0.15, -0.1) is 0 Å². The number of hydrogen-bond acceptors (Lipinski definition) is 4. The van der Waals surface area contributed by atoms with Gasteiger partial charge in [-0.1, -0.05) is 61.5 Å². The van der Waals surface area contributed by atoms with Crippen molar-refractivity contribution < 1.29 is 0 Å². The smallest absolute Gasteiger partial charge is 0.160 e. The van der Waals surface area contributed by atoms with E-state index in [1.165, 1.54) is 5.70 Å². The molecule has 0 spiro atoms. The number of benzene rings is 3. The van der Waals surface area contributed by atoms with Crippen LogP contribution in [-0.2, 0) is 0 Å². The molecule has 4 aromatic rings. The Bertz CT molecular complexity index is 1340. The SMILES string of the molecule is CC1CN=CC=C1N1c2ccccc2-c2nc(-c3ccccc3)nc3cccc1c23. The highest BCUT2D eigenvalue weighted by atomic mass is 15.2. The summed E-state index contributed by atoms with van der Waals surface area (Å²) in [6.07, 6.45) is 4.05. The fraction of sp³-hybridized carbons (Fsp3) is 0.115. The zero-order chi connectivity index (χ0) is 20.1. The molecule has 0 aliphatic carbocycles. The van der Waals surface area contributed by atoms with Gasteiger partial charge in [0.1, 0.15) is 0 Å². The molecule has 0 saturated heterocycles. The Hall–Kier alpha value is -3.79. The van der Waals surface area contributed by atoms with Crippen molar-refractivity contribution in [1.29, 1.82) is 0 Å². The van der Waals surface area contributed by atoms with Gasteiger partial charge in [0, 0.05) is 35.5 Å². The molecular weight excluding hydrogens is 368 g/mol. The third-order valence-electron chi connectivity index (χ3n) is 5.87. The zero-order valence-corrected chi connectivity index (χ0v) is 16.7. The highest BCUT2D eigenvalue weighted by Gasteiger charge is 2.30. The summed E-state index contributed by atoms with van der Waals surface area (Å²) in [5.74, 6) is 1.10. The van der Waals surface area contributed by atoms with E-state index in [2.05, 4.69) is 77.5 Å². The number of aromatic nitrogens is 2. The van der Waals surface area contributed by atoms with E-state index in [1.54, 1.807) is 0 Å². The highest BCUT2D eigenvalue weighted by Crippen LogP contribution is 2.49. The maximum absolute atomic E-state index is 5.06. The molecule has 0 N–H and O–H groups in total. The Morgan fingerprint density at radius 3 is 2.50 bits per heavy atom. The molecule has 4 heteroatoms. The van der Waals surface area contributed by atoms with Crippen LogP contribution in [0.15, 0.2) is 89.6 Å². The van der Waals surface area contributed by atoms with Crippen LogP contribution in [0.5, 0.6) is 0 Å². The van der Waals surface area contributed by atoms with Crippen molar-refractivity contribution in [3.8, 4) is 22.6 Å². The molecule has 0 fully saturated rings. The van der Waals surface area contributed by atoms with Crippen LogP contribution in [-0.4, -0.2) is 22.7 Å². The molecule has 1 aromatic heterocycles. The van der Waals surface area contributed by atoms with Gasteiger partial charge >= 0.3 is 0 Å². The predicted octanol–water partition coefficient (Wildman–Crippen LogP) is 6.02. The Balaban J connectivity index is 1.68. The number of allylic oxidation sites excluding steroid dienone is 1. The first-order valence-electron chi connectivity index (χ1n) is 10.3. The topological polar surface area (TPSA) is 41.4 Å². The molecule has 1 unspecified atom stereocenters. The molecule has 0 amide bonds. The molecule has 0 saturated carbocycles. The molecule has 2 aliphatic rings. The van der Waals surface area contributed by atoms with Crippen LogP contribution in [0.3, 0.4) is 0 Å². The quantitative estimate of drug-likeness (QED) is 0.422. The van der Waals surface area contributed by atoms with Crippen molar-refractivity contribution in [3.05, 3.63) is 84.6 Å². The van der Waals surface area contributed by atoms with Crippen LogP contribution >= 0.6 is 0 Å². The zero-order valence-electron chi connectivity index (χ0n) is 16.7. The summed E-state index contributed by atoms with van der Waals surface area (Å²) in [6, 6.07) is 25.1. The van der Waals surface area contributed by atoms with Crippen molar-refractivity contribution in [2.75, 3.05) is 11.4 Å². The average Bonchev–Trinajstić information content (AvgIpc) is 2.81. The molecular formula is C26H20N4. The summed E-state index contributed by atoms with van der Waals surface area (Å²) in [4.78, 5) is 16.8. The van der Waals surface area contributed by atoms with Crippen LogP contribution in [0.2, 0.25) is 0 Å². The molecule has 3 heterocycles. The van der Waals surface area contributed by atoms with Gasteiger partial charge in [-0.2, -0.15) is 0 Å². The lowest BCUT2D eigenvalue weighted by molar-refractivity contribution is 0.674. The minimum atomic E-state index is 0.337. The molecule has 144 valence electrons. The van der Waals surface area contributed by atoms with Crippen molar-refractivity contribution in [3.63, 3.8) is 0 Å². The summed E-state index contributed by atoms with van der Waals surface area (Å²) < 4.78 is 0. The van der Waals surface area contributed by atoms with E-state index in [1.807, 2.05) is 24.4 Å². The first-order chi connectivity index (χ1) is 14.8. The first-order valence-corrected chi connectivity index (χ1v) is 10.3. The maximum atomic E-state index is 5.06. The van der Waals surface area contributed by atoms with Gasteiger partial charge in [-0.25, -0.2) is 9.97 Å². The van der Waals surface area contributed by atoms with Gasteiger partial charge in [0.2, 0.25) is 0 Å². The Morgan fingerprint density at radius 1 is 0.833 bits per heavy atom. The minimum Gasteiger partial charge on any atom is -0.312 e. The van der Waals surface area contributed by atoms with Crippen molar-refractivity contribution in [1.82, 2.24) is 9.97 Å². The van der Waals surface area contributed by atoms with Gasteiger partial charge in [0.25, 0.3) is 0 Å². The Labute approximate surface area is 175 Å². The molecule has 6 rings (SSSR count). The van der Waals surface area contributed by atoms with Crippen LogP contribution in [0, 0.1) is 5.92 Å².